The summed E-state index contributed by atoms with van der Waals surface area (Å²) in [5.41, 5.74) is -1.09. The van der Waals surface area contributed by atoms with E-state index in [0.717, 1.165) is 6.42 Å². The van der Waals surface area contributed by atoms with Gasteiger partial charge in [-0.25, -0.2) is 0 Å². The third-order valence-corrected chi connectivity index (χ3v) is 1.01. The summed E-state index contributed by atoms with van der Waals surface area (Å²) in [5, 5.41) is 8.96. The van der Waals surface area contributed by atoms with E-state index in [4.69, 9.17) is 5.11 Å². The Kier molecular flexibility index (Phi) is 2.69. The molecule has 0 bridgehead atoms. The number of aliphatic hydroxyl groups is 1. The molecule has 1 atom stereocenters. The minimum Gasteiger partial charge on any atom is -0.383 e. The second-order valence-corrected chi connectivity index (χ2v) is 2.23. The molecule has 0 spiro atoms. The molecule has 0 radical (unpaired) electrons. The Morgan fingerprint density at radius 3 is 2.38 bits per heavy atom. The van der Waals surface area contributed by atoms with Gasteiger partial charge in [-0.05, 0) is 13.3 Å². The third-order valence-electron chi connectivity index (χ3n) is 1.01. The summed E-state index contributed by atoms with van der Waals surface area (Å²) in [4.78, 5) is 9.97. The highest BCUT2D eigenvalue weighted by molar-refractivity contribution is 5.60. The smallest absolute Gasteiger partial charge is 0.151 e. The molecule has 0 aliphatic heterocycles. The van der Waals surface area contributed by atoms with Gasteiger partial charge in [0.2, 0.25) is 0 Å². The van der Waals surface area contributed by atoms with Crippen LogP contribution in [0, 0.1) is 0 Å². The zero-order chi connectivity index (χ0) is 6.62. The molecule has 0 aromatic rings. The van der Waals surface area contributed by atoms with Gasteiger partial charge in [0.1, 0.15) is 5.60 Å². The lowest BCUT2D eigenvalue weighted by Crippen LogP contribution is -2.24. The van der Waals surface area contributed by atoms with Gasteiger partial charge in [0.15, 0.2) is 6.29 Å². The Labute approximate surface area is 49.5 Å². The summed E-state index contributed by atoms with van der Waals surface area (Å²) in [5.74, 6) is 0. The van der Waals surface area contributed by atoms with Crippen molar-refractivity contribution >= 4 is 6.29 Å². The van der Waals surface area contributed by atoms with Crippen LogP contribution in [0.4, 0.5) is 0 Å². The quantitative estimate of drug-likeness (QED) is 0.552. The van der Waals surface area contributed by atoms with Crippen molar-refractivity contribution in [3.63, 3.8) is 0 Å². The summed E-state index contributed by atoms with van der Waals surface area (Å²) in [7, 11) is 0. The second-order valence-electron chi connectivity index (χ2n) is 2.23. The van der Waals surface area contributed by atoms with E-state index in [1.807, 2.05) is 6.92 Å². The van der Waals surface area contributed by atoms with Crippen molar-refractivity contribution in [2.75, 3.05) is 0 Å². The van der Waals surface area contributed by atoms with E-state index in [2.05, 4.69) is 0 Å². The maximum atomic E-state index is 9.97. The van der Waals surface area contributed by atoms with E-state index in [1.165, 1.54) is 6.92 Å². The van der Waals surface area contributed by atoms with Crippen LogP contribution in [0.1, 0.15) is 26.7 Å². The van der Waals surface area contributed by atoms with E-state index < -0.39 is 5.60 Å². The van der Waals surface area contributed by atoms with Gasteiger partial charge in [0.05, 0.1) is 0 Å². The molecule has 0 aromatic heterocycles. The molecule has 0 heterocycles. The Morgan fingerprint density at radius 2 is 2.25 bits per heavy atom. The van der Waals surface area contributed by atoms with Crippen molar-refractivity contribution in [1.29, 1.82) is 0 Å². The number of hydrogen-bond acceptors (Lipinski definition) is 2. The molecule has 0 amide bonds. The zero-order valence-corrected chi connectivity index (χ0v) is 5.35. The molecule has 0 saturated heterocycles. The molecule has 48 valence electrons. The highest BCUT2D eigenvalue weighted by atomic mass is 16.3. The minimum absolute atomic E-state index is 0.552. The average molecular weight is 116 g/mol. The van der Waals surface area contributed by atoms with Crippen molar-refractivity contribution in [1.82, 2.24) is 0 Å². The Morgan fingerprint density at radius 1 is 1.75 bits per heavy atom. The van der Waals surface area contributed by atoms with Gasteiger partial charge in [0, 0.05) is 0 Å². The zero-order valence-electron chi connectivity index (χ0n) is 5.35. The Hall–Kier alpha value is -0.370. The fourth-order valence-corrected chi connectivity index (χ4v) is 0.565. The maximum Gasteiger partial charge on any atom is 0.151 e. The van der Waals surface area contributed by atoms with Crippen LogP contribution in [0.5, 0.6) is 0 Å². The van der Waals surface area contributed by atoms with Crippen LogP contribution < -0.4 is 0 Å². The van der Waals surface area contributed by atoms with Gasteiger partial charge in [-0.15, -0.1) is 0 Å². The molecule has 8 heavy (non-hydrogen) atoms. The van der Waals surface area contributed by atoms with Crippen molar-refractivity contribution < 1.29 is 9.90 Å². The van der Waals surface area contributed by atoms with Gasteiger partial charge in [-0.1, -0.05) is 13.3 Å². The molecule has 2 nitrogen and oxygen atoms in total. The van der Waals surface area contributed by atoms with Crippen LogP contribution in [0.15, 0.2) is 0 Å². The van der Waals surface area contributed by atoms with Crippen LogP contribution in [0.2, 0.25) is 0 Å². The fourth-order valence-electron chi connectivity index (χ4n) is 0.565. The molecule has 0 rings (SSSR count). The van der Waals surface area contributed by atoms with E-state index in [0.29, 0.717) is 12.7 Å². The van der Waals surface area contributed by atoms with E-state index in [9.17, 15) is 4.79 Å². The Balaban J connectivity index is 3.53. The van der Waals surface area contributed by atoms with Gasteiger partial charge < -0.3 is 9.90 Å². The van der Waals surface area contributed by atoms with Gasteiger partial charge in [-0.2, -0.15) is 0 Å². The SMILES string of the molecule is CCCC(C)(O)C=O. The molecule has 1 N–H and O–H groups in total. The number of rotatable bonds is 3. The lowest BCUT2D eigenvalue weighted by Gasteiger charge is -2.12. The summed E-state index contributed by atoms with van der Waals surface area (Å²) in [6.45, 7) is 3.45. The van der Waals surface area contributed by atoms with Gasteiger partial charge in [0.25, 0.3) is 0 Å². The van der Waals surface area contributed by atoms with Crippen molar-refractivity contribution in [3.8, 4) is 0 Å². The first-order valence-corrected chi connectivity index (χ1v) is 2.81. The lowest BCUT2D eigenvalue weighted by molar-refractivity contribution is -0.123. The second kappa shape index (κ2) is 2.82. The van der Waals surface area contributed by atoms with Gasteiger partial charge in [-0.3, -0.25) is 0 Å². The molecule has 0 aromatic carbocycles. The van der Waals surface area contributed by atoms with Crippen LogP contribution in [0.3, 0.4) is 0 Å². The van der Waals surface area contributed by atoms with Crippen molar-refractivity contribution in [2.45, 2.75) is 32.3 Å². The maximum absolute atomic E-state index is 9.97. The van der Waals surface area contributed by atoms with Crippen molar-refractivity contribution in [2.24, 2.45) is 0 Å². The average Bonchev–Trinajstić information content (AvgIpc) is 1.67. The predicted octanol–water partition coefficient (Wildman–Crippen LogP) is 0.736. The fraction of sp³-hybridized carbons (Fsp3) is 0.833. The minimum atomic E-state index is -1.09. The van der Waals surface area contributed by atoms with Crippen LogP contribution >= 0.6 is 0 Å². The highest BCUT2D eigenvalue weighted by Crippen LogP contribution is 2.06. The first kappa shape index (κ1) is 7.63. The molecular weight excluding hydrogens is 104 g/mol. The first-order chi connectivity index (χ1) is 3.62. The van der Waals surface area contributed by atoms with Crippen LogP contribution in [-0.2, 0) is 4.79 Å². The standard InChI is InChI=1S/C6H12O2/c1-3-4-6(2,8)5-7/h5,8H,3-4H2,1-2H3. The Bertz CT molecular complexity index is 76.6. The van der Waals surface area contributed by atoms with E-state index in [1.54, 1.807) is 0 Å². The van der Waals surface area contributed by atoms with Crippen LogP contribution in [0.25, 0.3) is 0 Å². The topological polar surface area (TPSA) is 37.3 Å². The number of carbonyl (C=O) groups is 1. The molecule has 0 fully saturated rings. The molecule has 2 heteroatoms. The number of hydrogen-bond donors (Lipinski definition) is 1. The summed E-state index contributed by atoms with van der Waals surface area (Å²) < 4.78 is 0. The molecule has 0 aliphatic carbocycles. The van der Waals surface area contributed by atoms with E-state index >= 15 is 0 Å². The summed E-state index contributed by atoms with van der Waals surface area (Å²) >= 11 is 0. The van der Waals surface area contributed by atoms with Crippen LogP contribution in [-0.4, -0.2) is 17.0 Å². The molecular formula is C6H12O2. The number of aldehydes is 1. The number of carbonyl (C=O) groups excluding carboxylic acids is 1. The van der Waals surface area contributed by atoms with Crippen molar-refractivity contribution in [3.05, 3.63) is 0 Å². The third kappa shape index (κ3) is 2.75. The van der Waals surface area contributed by atoms with E-state index in [-0.39, 0.29) is 0 Å². The largest absolute Gasteiger partial charge is 0.383 e. The van der Waals surface area contributed by atoms with Gasteiger partial charge >= 0.3 is 0 Å². The highest BCUT2D eigenvalue weighted by Gasteiger charge is 2.15. The predicted molar refractivity (Wildman–Crippen MR) is 31.6 cm³/mol. The summed E-state index contributed by atoms with van der Waals surface area (Å²) in [6, 6.07) is 0. The monoisotopic (exact) mass is 116 g/mol. The molecule has 1 unspecified atom stereocenters. The lowest BCUT2D eigenvalue weighted by atomic mass is 10.0. The summed E-state index contributed by atoms with van der Waals surface area (Å²) in [6.07, 6.45) is 1.97. The first-order valence-electron chi connectivity index (χ1n) is 2.81. The molecule has 0 aliphatic rings. The normalized spacial score (nSPS) is 17.4. The molecule has 0 saturated carbocycles.